The zero-order valence-electron chi connectivity index (χ0n) is 23.1. The van der Waals surface area contributed by atoms with Crippen molar-refractivity contribution in [3.63, 3.8) is 0 Å². The number of carbonyl (C=O) groups excluding carboxylic acids is 1. The first-order valence-corrected chi connectivity index (χ1v) is 13.3. The van der Waals surface area contributed by atoms with Crippen molar-refractivity contribution in [2.24, 2.45) is 0 Å². The van der Waals surface area contributed by atoms with E-state index in [1.54, 1.807) is 6.08 Å². The molecule has 4 aromatic rings. The molecule has 0 saturated carbocycles. The van der Waals surface area contributed by atoms with Crippen molar-refractivity contribution in [1.29, 1.82) is 0 Å². The van der Waals surface area contributed by atoms with Crippen LogP contribution < -0.4 is 10.2 Å². The lowest BCUT2D eigenvalue weighted by atomic mass is 10.0. The third-order valence-corrected chi connectivity index (χ3v) is 6.92. The van der Waals surface area contributed by atoms with Crippen LogP contribution in [-0.4, -0.2) is 89.6 Å². The van der Waals surface area contributed by atoms with Crippen LogP contribution in [0.5, 0.6) is 0 Å². The Morgan fingerprint density at radius 2 is 1.87 bits per heavy atom. The molecule has 0 atom stereocenters. The standard InChI is InChI=1S/C30H36N8O/c1-21-27-28(23-9-5-8-22(18-23)19-26(39)12-7-13-36(2)3)32-30(33-29(27)35-34-21)31-24-10-6-11-25(20-24)38-16-14-37(4)15-17-38/h5-12,18,20H,13-17,19H2,1-4H3,(H2,31,32,33,34,35)/b12-7+. The number of nitrogens with one attached hydrogen (secondary N) is 2. The number of carbonyl (C=O) groups is 1. The summed E-state index contributed by atoms with van der Waals surface area (Å²) in [5, 5.41) is 11.8. The van der Waals surface area contributed by atoms with Crippen molar-refractivity contribution in [3.8, 4) is 11.3 Å². The largest absolute Gasteiger partial charge is 0.369 e. The molecule has 0 spiro atoms. The normalized spacial score (nSPS) is 14.5. The molecule has 5 rings (SSSR count). The summed E-state index contributed by atoms with van der Waals surface area (Å²) in [4.78, 5) is 28.9. The van der Waals surface area contributed by atoms with Gasteiger partial charge in [-0.2, -0.15) is 10.1 Å². The number of aromatic nitrogens is 4. The van der Waals surface area contributed by atoms with Gasteiger partial charge in [0.25, 0.3) is 0 Å². The zero-order valence-corrected chi connectivity index (χ0v) is 23.1. The van der Waals surface area contributed by atoms with Crippen molar-refractivity contribution in [1.82, 2.24) is 30.0 Å². The number of rotatable bonds is 9. The summed E-state index contributed by atoms with van der Waals surface area (Å²) in [6.45, 7) is 6.82. The topological polar surface area (TPSA) is 93.3 Å². The van der Waals surface area contributed by atoms with E-state index in [-0.39, 0.29) is 5.78 Å². The van der Waals surface area contributed by atoms with E-state index in [1.807, 2.05) is 62.3 Å². The molecule has 9 nitrogen and oxygen atoms in total. The molecule has 2 N–H and O–H groups in total. The van der Waals surface area contributed by atoms with Crippen molar-refractivity contribution in [2.45, 2.75) is 13.3 Å². The monoisotopic (exact) mass is 524 g/mol. The van der Waals surface area contributed by atoms with Gasteiger partial charge in [-0.05, 0) is 64.0 Å². The van der Waals surface area contributed by atoms with Crippen LogP contribution in [0.25, 0.3) is 22.3 Å². The maximum Gasteiger partial charge on any atom is 0.229 e. The molecule has 1 fully saturated rings. The fourth-order valence-electron chi connectivity index (χ4n) is 4.79. The maximum atomic E-state index is 12.5. The second-order valence-electron chi connectivity index (χ2n) is 10.4. The zero-order chi connectivity index (χ0) is 27.4. The van der Waals surface area contributed by atoms with Crippen molar-refractivity contribution < 1.29 is 4.79 Å². The van der Waals surface area contributed by atoms with E-state index in [9.17, 15) is 4.79 Å². The number of nitrogens with zero attached hydrogens (tertiary/aromatic N) is 6. The Hall–Kier alpha value is -4.08. The maximum absolute atomic E-state index is 12.5. The summed E-state index contributed by atoms with van der Waals surface area (Å²) in [6.07, 6.45) is 3.89. The quantitative estimate of drug-likeness (QED) is 0.317. The number of aromatic amines is 1. The van der Waals surface area contributed by atoms with Crippen molar-refractivity contribution in [3.05, 3.63) is 71.9 Å². The number of allylic oxidation sites excluding steroid dienone is 1. The number of H-pyrrole nitrogens is 1. The number of fused-ring (bicyclic) bond motifs is 1. The molecule has 39 heavy (non-hydrogen) atoms. The highest BCUT2D eigenvalue weighted by molar-refractivity contribution is 5.94. The predicted molar refractivity (Wildman–Crippen MR) is 158 cm³/mol. The van der Waals surface area contributed by atoms with Crippen LogP contribution in [0.1, 0.15) is 11.3 Å². The van der Waals surface area contributed by atoms with Gasteiger partial charge in [0.05, 0.1) is 11.1 Å². The second kappa shape index (κ2) is 11.8. The molecular weight excluding hydrogens is 488 g/mol. The number of aryl methyl sites for hydroxylation is 1. The number of piperazine rings is 1. The Labute approximate surface area is 229 Å². The Morgan fingerprint density at radius 3 is 2.67 bits per heavy atom. The van der Waals surface area contributed by atoms with Crippen LogP contribution in [0.2, 0.25) is 0 Å². The highest BCUT2D eigenvalue weighted by atomic mass is 16.1. The van der Waals surface area contributed by atoms with Crippen molar-refractivity contribution >= 4 is 34.1 Å². The first kappa shape index (κ1) is 26.5. The Bertz CT molecular complexity index is 1480. The van der Waals surface area contributed by atoms with Gasteiger partial charge in [-0.1, -0.05) is 30.3 Å². The smallest absolute Gasteiger partial charge is 0.229 e. The van der Waals surface area contributed by atoms with Gasteiger partial charge < -0.3 is 20.0 Å². The summed E-state index contributed by atoms with van der Waals surface area (Å²) in [6, 6.07) is 16.4. The lowest BCUT2D eigenvalue weighted by Crippen LogP contribution is -2.44. The van der Waals surface area contributed by atoms with Crippen molar-refractivity contribution in [2.75, 3.05) is 64.1 Å². The third-order valence-electron chi connectivity index (χ3n) is 6.92. The van der Waals surface area contributed by atoms with Crippen LogP contribution in [0.3, 0.4) is 0 Å². The van der Waals surface area contributed by atoms with Gasteiger partial charge in [-0.3, -0.25) is 9.89 Å². The van der Waals surface area contributed by atoms with Gasteiger partial charge in [0.1, 0.15) is 0 Å². The summed E-state index contributed by atoms with van der Waals surface area (Å²) in [7, 11) is 6.12. The first-order chi connectivity index (χ1) is 18.9. The van der Waals surface area contributed by atoms with Gasteiger partial charge in [-0.25, -0.2) is 4.98 Å². The van der Waals surface area contributed by atoms with Gasteiger partial charge >= 0.3 is 0 Å². The Balaban J connectivity index is 1.41. The molecule has 0 amide bonds. The molecule has 2 aromatic carbocycles. The molecule has 0 aliphatic carbocycles. The molecular formula is C30H36N8O. The third kappa shape index (κ3) is 6.50. The fraction of sp³-hybridized carbons (Fsp3) is 0.333. The lowest BCUT2D eigenvalue weighted by Gasteiger charge is -2.34. The highest BCUT2D eigenvalue weighted by Gasteiger charge is 2.17. The first-order valence-electron chi connectivity index (χ1n) is 13.3. The van der Waals surface area contributed by atoms with Gasteiger partial charge in [0, 0.05) is 61.8 Å². The van der Waals surface area contributed by atoms with E-state index >= 15 is 0 Å². The summed E-state index contributed by atoms with van der Waals surface area (Å²) < 4.78 is 0. The lowest BCUT2D eigenvalue weighted by molar-refractivity contribution is -0.114. The molecule has 0 unspecified atom stereocenters. The van der Waals surface area contributed by atoms with E-state index in [2.05, 4.69) is 50.6 Å². The molecule has 3 heterocycles. The predicted octanol–water partition coefficient (Wildman–Crippen LogP) is 4.05. The minimum absolute atomic E-state index is 0.0731. The molecule has 9 heteroatoms. The summed E-state index contributed by atoms with van der Waals surface area (Å²) in [5.74, 6) is 0.552. The van der Waals surface area contributed by atoms with Gasteiger partial charge in [-0.15, -0.1) is 0 Å². The number of likely N-dealkylation sites (N-methyl/N-ethyl adjacent to an activating group) is 2. The summed E-state index contributed by atoms with van der Waals surface area (Å²) in [5.41, 5.74) is 6.24. The molecule has 1 saturated heterocycles. The summed E-state index contributed by atoms with van der Waals surface area (Å²) >= 11 is 0. The number of benzene rings is 2. The van der Waals surface area contributed by atoms with Gasteiger partial charge in [0.15, 0.2) is 11.4 Å². The van der Waals surface area contributed by atoms with Crippen LogP contribution in [0.4, 0.5) is 17.3 Å². The van der Waals surface area contributed by atoms with Crippen LogP contribution in [-0.2, 0) is 11.2 Å². The second-order valence-corrected chi connectivity index (χ2v) is 10.4. The van der Waals surface area contributed by atoms with Crippen LogP contribution in [0.15, 0.2) is 60.7 Å². The Morgan fingerprint density at radius 1 is 1.08 bits per heavy atom. The average Bonchev–Trinajstić information content (AvgIpc) is 3.29. The van der Waals surface area contributed by atoms with Crippen LogP contribution >= 0.6 is 0 Å². The number of hydrogen-bond donors (Lipinski definition) is 2. The van der Waals surface area contributed by atoms with E-state index < -0.39 is 0 Å². The molecule has 0 bridgehead atoms. The molecule has 202 valence electrons. The SMILES string of the molecule is Cc1[nH]nc2nc(Nc3cccc(N4CCN(C)CC4)c3)nc(-c3cccc(CC(=O)/C=C/CN(C)C)c3)c12. The molecule has 0 radical (unpaired) electrons. The van der Waals surface area contributed by atoms with Crippen LogP contribution in [0, 0.1) is 6.92 Å². The minimum Gasteiger partial charge on any atom is -0.369 e. The minimum atomic E-state index is 0.0731. The molecule has 1 aliphatic rings. The van der Waals surface area contributed by atoms with E-state index in [0.717, 1.165) is 66.3 Å². The fourth-order valence-corrected chi connectivity index (χ4v) is 4.79. The molecule has 2 aromatic heterocycles. The number of anilines is 3. The number of ketones is 1. The average molecular weight is 525 g/mol. The van der Waals surface area contributed by atoms with E-state index in [4.69, 9.17) is 9.97 Å². The van der Waals surface area contributed by atoms with E-state index in [0.29, 0.717) is 18.0 Å². The van der Waals surface area contributed by atoms with Gasteiger partial charge in [0.2, 0.25) is 5.95 Å². The highest BCUT2D eigenvalue weighted by Crippen LogP contribution is 2.30. The molecule has 1 aliphatic heterocycles. The Kier molecular flexibility index (Phi) is 7.99. The van der Waals surface area contributed by atoms with E-state index in [1.165, 1.54) is 5.69 Å². The number of hydrogen-bond acceptors (Lipinski definition) is 8.